The first-order chi connectivity index (χ1) is 5.92. The van der Waals surface area contributed by atoms with E-state index in [9.17, 15) is 0 Å². The van der Waals surface area contributed by atoms with Crippen LogP contribution in [0.5, 0.6) is 0 Å². The maximum Gasteiger partial charge on any atom is 0.0764 e. The maximum atomic E-state index is 5.72. The molecule has 0 radical (unpaired) electrons. The van der Waals surface area contributed by atoms with Crippen molar-refractivity contribution in [3.8, 4) is 0 Å². The van der Waals surface area contributed by atoms with Gasteiger partial charge in [0.25, 0.3) is 0 Å². The lowest BCUT2D eigenvalue weighted by Crippen LogP contribution is -2.56. The fraction of sp³-hybridized carbons (Fsp3) is 1.00. The lowest BCUT2D eigenvalue weighted by atomic mass is 10.0. The van der Waals surface area contributed by atoms with E-state index in [0.29, 0.717) is 12.1 Å². The van der Waals surface area contributed by atoms with Crippen molar-refractivity contribution in [2.75, 3.05) is 32.5 Å². The average Bonchev–Trinajstić information content (AvgIpc) is 2.17. The van der Waals surface area contributed by atoms with Crippen molar-refractivity contribution in [3.63, 3.8) is 0 Å². The number of hydrogen-bond acceptors (Lipinski definition) is 4. The molecule has 12 heavy (non-hydrogen) atoms. The van der Waals surface area contributed by atoms with Crippen LogP contribution in [0.1, 0.15) is 6.42 Å². The van der Waals surface area contributed by atoms with E-state index in [4.69, 9.17) is 4.74 Å². The summed E-state index contributed by atoms with van der Waals surface area (Å²) in [6.45, 7) is 4.18. The lowest BCUT2D eigenvalue weighted by molar-refractivity contribution is -0.0495. The smallest absolute Gasteiger partial charge is 0.0764 e. The fourth-order valence-corrected chi connectivity index (χ4v) is 2.72. The highest BCUT2D eigenvalue weighted by Crippen LogP contribution is 2.23. The summed E-state index contributed by atoms with van der Waals surface area (Å²) < 4.78 is 8.16. The van der Waals surface area contributed by atoms with E-state index in [1.165, 1.54) is 6.42 Å². The molecule has 2 fully saturated rings. The molecule has 2 heterocycles. The summed E-state index contributed by atoms with van der Waals surface area (Å²) in [5, 5.41) is 3.41. The molecule has 1 N–H and O–H groups in total. The number of ether oxygens (including phenoxy) is 1. The second-order valence-electron chi connectivity index (χ2n) is 3.29. The second kappa shape index (κ2) is 3.96. The quantitative estimate of drug-likeness (QED) is 0.599. The molecular formula is C8H16N2OS. The minimum absolute atomic E-state index is 0.479. The van der Waals surface area contributed by atoms with Gasteiger partial charge in [0.15, 0.2) is 0 Å². The van der Waals surface area contributed by atoms with E-state index in [2.05, 4.69) is 15.9 Å². The Labute approximate surface area is 78.0 Å². The standard InChI is InChI=1S/C8H16N2OS/c1-12-10-4-5-11-8-2-3-9-6-7(8)10/h7-9H,2-6H2,1H3. The zero-order valence-corrected chi connectivity index (χ0v) is 8.27. The van der Waals surface area contributed by atoms with Crippen molar-refractivity contribution >= 4 is 11.9 Å². The van der Waals surface area contributed by atoms with Crippen LogP contribution in [0.4, 0.5) is 0 Å². The molecule has 2 atom stereocenters. The summed E-state index contributed by atoms with van der Waals surface area (Å²) >= 11 is 1.84. The van der Waals surface area contributed by atoms with Gasteiger partial charge in [0.1, 0.15) is 0 Å². The summed E-state index contributed by atoms with van der Waals surface area (Å²) in [7, 11) is 0. The molecule has 2 aliphatic heterocycles. The minimum atomic E-state index is 0.479. The van der Waals surface area contributed by atoms with E-state index in [-0.39, 0.29) is 0 Å². The Kier molecular flexibility index (Phi) is 2.91. The highest BCUT2D eigenvalue weighted by Gasteiger charge is 2.33. The molecule has 4 heteroatoms. The Bertz CT molecular complexity index is 147. The summed E-state index contributed by atoms with van der Waals surface area (Å²) in [5.74, 6) is 0. The lowest BCUT2D eigenvalue weighted by Gasteiger charge is -2.42. The molecule has 0 saturated carbocycles. The zero-order valence-electron chi connectivity index (χ0n) is 7.45. The van der Waals surface area contributed by atoms with Gasteiger partial charge >= 0.3 is 0 Å². The monoisotopic (exact) mass is 188 g/mol. The molecule has 0 spiro atoms. The Hall–Kier alpha value is 0.230. The van der Waals surface area contributed by atoms with Crippen molar-refractivity contribution in [3.05, 3.63) is 0 Å². The molecule has 0 aromatic heterocycles. The molecule has 2 rings (SSSR count). The van der Waals surface area contributed by atoms with Crippen molar-refractivity contribution in [2.24, 2.45) is 0 Å². The molecule has 0 bridgehead atoms. The number of rotatable bonds is 1. The van der Waals surface area contributed by atoms with Gasteiger partial charge in [0.2, 0.25) is 0 Å². The molecule has 2 unspecified atom stereocenters. The van der Waals surface area contributed by atoms with Gasteiger partial charge in [-0.2, -0.15) is 0 Å². The van der Waals surface area contributed by atoms with E-state index >= 15 is 0 Å². The van der Waals surface area contributed by atoms with Crippen molar-refractivity contribution in [1.82, 2.24) is 9.62 Å². The van der Waals surface area contributed by atoms with Crippen LogP contribution in [-0.2, 0) is 4.74 Å². The SMILES string of the molecule is CSN1CCOC2CCNCC21. The van der Waals surface area contributed by atoms with Crippen LogP contribution in [0.15, 0.2) is 0 Å². The molecule has 0 amide bonds. The summed E-state index contributed by atoms with van der Waals surface area (Å²) in [6.07, 6.45) is 3.80. The molecule has 0 aromatic carbocycles. The number of piperidine rings is 1. The van der Waals surface area contributed by atoms with E-state index in [0.717, 1.165) is 26.2 Å². The Morgan fingerprint density at radius 2 is 2.50 bits per heavy atom. The number of nitrogens with one attached hydrogen (secondary N) is 1. The van der Waals surface area contributed by atoms with Crippen LogP contribution in [0, 0.1) is 0 Å². The number of nitrogens with zero attached hydrogens (tertiary/aromatic N) is 1. The van der Waals surface area contributed by atoms with Crippen LogP contribution in [0.3, 0.4) is 0 Å². The van der Waals surface area contributed by atoms with Crippen LogP contribution in [0.25, 0.3) is 0 Å². The predicted octanol–water partition coefficient (Wildman–Crippen LogP) is 0.327. The average molecular weight is 188 g/mol. The molecule has 0 aromatic rings. The van der Waals surface area contributed by atoms with Crippen LogP contribution in [-0.4, -0.2) is 48.9 Å². The van der Waals surface area contributed by atoms with Gasteiger partial charge in [0.05, 0.1) is 18.8 Å². The zero-order chi connectivity index (χ0) is 8.39. The first-order valence-electron chi connectivity index (χ1n) is 4.55. The Morgan fingerprint density at radius 1 is 1.58 bits per heavy atom. The summed E-state index contributed by atoms with van der Waals surface area (Å²) in [5.41, 5.74) is 0. The maximum absolute atomic E-state index is 5.72. The van der Waals surface area contributed by atoms with Gasteiger partial charge in [0, 0.05) is 13.1 Å². The van der Waals surface area contributed by atoms with E-state index < -0.39 is 0 Å². The first kappa shape index (κ1) is 8.81. The minimum Gasteiger partial charge on any atom is -0.375 e. The van der Waals surface area contributed by atoms with Crippen molar-refractivity contribution in [2.45, 2.75) is 18.6 Å². The molecule has 2 aliphatic rings. The third-order valence-electron chi connectivity index (χ3n) is 2.64. The van der Waals surface area contributed by atoms with Crippen LogP contribution < -0.4 is 5.32 Å². The van der Waals surface area contributed by atoms with Crippen molar-refractivity contribution < 1.29 is 4.74 Å². The number of morpholine rings is 1. The third kappa shape index (κ3) is 1.62. The Balaban J connectivity index is 1.99. The molecular weight excluding hydrogens is 172 g/mol. The third-order valence-corrected chi connectivity index (χ3v) is 3.56. The highest BCUT2D eigenvalue weighted by atomic mass is 32.2. The second-order valence-corrected chi connectivity index (χ2v) is 4.13. The molecule has 2 saturated heterocycles. The normalized spacial score (nSPS) is 37.8. The number of hydrogen-bond donors (Lipinski definition) is 1. The number of fused-ring (bicyclic) bond motifs is 1. The van der Waals surface area contributed by atoms with Crippen molar-refractivity contribution in [1.29, 1.82) is 0 Å². The summed E-state index contributed by atoms with van der Waals surface area (Å²) in [4.78, 5) is 0. The van der Waals surface area contributed by atoms with Crippen LogP contribution >= 0.6 is 11.9 Å². The van der Waals surface area contributed by atoms with E-state index in [1.54, 1.807) is 0 Å². The topological polar surface area (TPSA) is 24.5 Å². The fourth-order valence-electron chi connectivity index (χ4n) is 1.99. The highest BCUT2D eigenvalue weighted by molar-refractivity contribution is 7.96. The van der Waals surface area contributed by atoms with Gasteiger partial charge < -0.3 is 10.1 Å². The van der Waals surface area contributed by atoms with Crippen LogP contribution in [0.2, 0.25) is 0 Å². The van der Waals surface area contributed by atoms with Gasteiger partial charge in [-0.15, -0.1) is 0 Å². The molecule has 70 valence electrons. The molecule has 0 aliphatic carbocycles. The Morgan fingerprint density at radius 3 is 3.33 bits per heavy atom. The van der Waals surface area contributed by atoms with E-state index in [1.807, 2.05) is 11.9 Å². The predicted molar refractivity (Wildman–Crippen MR) is 51.2 cm³/mol. The van der Waals surface area contributed by atoms with Gasteiger partial charge in [-0.1, -0.05) is 11.9 Å². The van der Waals surface area contributed by atoms with Gasteiger partial charge in [-0.3, -0.25) is 0 Å². The summed E-state index contributed by atoms with van der Waals surface area (Å²) in [6, 6.07) is 0.600. The largest absolute Gasteiger partial charge is 0.375 e. The van der Waals surface area contributed by atoms with Gasteiger partial charge in [-0.05, 0) is 19.2 Å². The van der Waals surface area contributed by atoms with Gasteiger partial charge in [-0.25, -0.2) is 4.31 Å². The molecule has 3 nitrogen and oxygen atoms in total. The first-order valence-corrected chi connectivity index (χ1v) is 5.73.